The van der Waals surface area contributed by atoms with E-state index in [4.69, 9.17) is 0 Å². The number of nitro groups is 1. The van der Waals surface area contributed by atoms with Crippen molar-refractivity contribution in [2.24, 2.45) is 0 Å². The van der Waals surface area contributed by atoms with E-state index in [2.05, 4.69) is 25.5 Å². The molecular formula is C14H12N6O2. The van der Waals surface area contributed by atoms with Crippen molar-refractivity contribution in [2.75, 3.05) is 5.32 Å². The first-order valence-electron chi connectivity index (χ1n) is 6.52. The molecule has 0 radical (unpaired) electrons. The fraction of sp³-hybridized carbons (Fsp3) is 0.0714. The van der Waals surface area contributed by atoms with Crippen LogP contribution in [0.15, 0.2) is 55.0 Å². The molecule has 0 bridgehead atoms. The second-order valence-electron chi connectivity index (χ2n) is 4.49. The summed E-state index contributed by atoms with van der Waals surface area (Å²) in [5.74, 6) is 0.726. The van der Waals surface area contributed by atoms with Crippen molar-refractivity contribution in [3.05, 3.63) is 76.5 Å². The highest BCUT2D eigenvalue weighted by atomic mass is 16.6. The normalized spacial score (nSPS) is 11.8. The summed E-state index contributed by atoms with van der Waals surface area (Å²) < 4.78 is 0. The molecule has 22 heavy (non-hydrogen) atoms. The highest BCUT2D eigenvalue weighted by molar-refractivity contribution is 5.57. The lowest BCUT2D eigenvalue weighted by Crippen LogP contribution is -2.15. The number of hydrogen-bond donors (Lipinski definition) is 2. The Bertz CT molecular complexity index is 760. The smallest absolute Gasteiger partial charge is 0.311 e. The zero-order valence-corrected chi connectivity index (χ0v) is 11.4. The molecule has 0 saturated carbocycles. The molecule has 0 unspecified atom stereocenters. The maximum Gasteiger partial charge on any atom is 0.311 e. The lowest BCUT2D eigenvalue weighted by atomic mass is 10.1. The molecule has 8 nitrogen and oxygen atoms in total. The number of benzene rings is 1. The van der Waals surface area contributed by atoms with E-state index in [1.807, 2.05) is 30.3 Å². The van der Waals surface area contributed by atoms with E-state index in [-0.39, 0.29) is 11.5 Å². The molecule has 1 atom stereocenters. The van der Waals surface area contributed by atoms with Gasteiger partial charge in [0.05, 0.1) is 4.92 Å². The van der Waals surface area contributed by atoms with Crippen LogP contribution in [0.3, 0.4) is 0 Å². The zero-order chi connectivity index (χ0) is 15.4. The molecule has 110 valence electrons. The fourth-order valence-corrected chi connectivity index (χ4v) is 2.10. The molecule has 3 rings (SSSR count). The van der Waals surface area contributed by atoms with Crippen molar-refractivity contribution in [1.29, 1.82) is 0 Å². The summed E-state index contributed by atoms with van der Waals surface area (Å²) in [4.78, 5) is 18.8. The quantitative estimate of drug-likeness (QED) is 0.552. The fourth-order valence-electron chi connectivity index (χ4n) is 2.10. The van der Waals surface area contributed by atoms with E-state index < -0.39 is 11.0 Å². The van der Waals surface area contributed by atoms with E-state index >= 15 is 0 Å². The van der Waals surface area contributed by atoms with Gasteiger partial charge in [0.15, 0.2) is 5.82 Å². The topological polar surface area (TPSA) is 110 Å². The van der Waals surface area contributed by atoms with Crippen LogP contribution in [0, 0.1) is 10.1 Å². The summed E-state index contributed by atoms with van der Waals surface area (Å²) in [5, 5.41) is 20.8. The highest BCUT2D eigenvalue weighted by Gasteiger charge is 2.22. The van der Waals surface area contributed by atoms with Gasteiger partial charge in [0.1, 0.15) is 12.4 Å². The molecular weight excluding hydrogens is 284 g/mol. The van der Waals surface area contributed by atoms with Crippen LogP contribution in [-0.2, 0) is 0 Å². The first-order valence-corrected chi connectivity index (χ1v) is 6.52. The van der Waals surface area contributed by atoms with E-state index in [1.165, 1.54) is 24.7 Å². The third kappa shape index (κ3) is 2.75. The number of H-pyrrole nitrogens is 1. The molecule has 0 aliphatic rings. The number of aromatic nitrogens is 4. The Morgan fingerprint density at radius 2 is 1.95 bits per heavy atom. The van der Waals surface area contributed by atoms with Crippen molar-refractivity contribution >= 4 is 11.5 Å². The van der Waals surface area contributed by atoms with Gasteiger partial charge in [0.2, 0.25) is 5.82 Å². The minimum absolute atomic E-state index is 0.0945. The Morgan fingerprint density at radius 1 is 1.14 bits per heavy atom. The number of rotatable bonds is 5. The Hall–Kier alpha value is -3.29. The number of hydrogen-bond acceptors (Lipinski definition) is 6. The van der Waals surface area contributed by atoms with E-state index in [1.54, 1.807) is 0 Å². The van der Waals surface area contributed by atoms with Crippen LogP contribution >= 0.6 is 0 Å². The minimum Gasteiger partial charge on any atom is -0.350 e. The molecule has 2 heterocycles. The first kappa shape index (κ1) is 13.7. The number of nitrogens with zero attached hydrogens (tertiary/aromatic N) is 4. The largest absolute Gasteiger partial charge is 0.350 e. The average Bonchev–Trinajstić information content (AvgIpc) is 3.08. The van der Waals surface area contributed by atoms with Gasteiger partial charge in [-0.3, -0.25) is 15.2 Å². The van der Waals surface area contributed by atoms with Crippen LogP contribution in [0.5, 0.6) is 0 Å². The minimum atomic E-state index is -0.474. The second kappa shape index (κ2) is 6.00. The second-order valence-corrected chi connectivity index (χ2v) is 4.49. The third-order valence-corrected chi connectivity index (χ3v) is 3.10. The molecule has 3 aromatic rings. The van der Waals surface area contributed by atoms with Crippen molar-refractivity contribution < 1.29 is 4.92 Å². The molecule has 2 N–H and O–H groups in total. The zero-order valence-electron chi connectivity index (χ0n) is 11.4. The van der Waals surface area contributed by atoms with Crippen molar-refractivity contribution in [3.63, 3.8) is 0 Å². The van der Waals surface area contributed by atoms with Crippen LogP contribution in [-0.4, -0.2) is 25.1 Å². The number of pyridine rings is 1. The molecule has 8 heteroatoms. The van der Waals surface area contributed by atoms with E-state index in [9.17, 15) is 10.1 Å². The van der Waals surface area contributed by atoms with Crippen molar-refractivity contribution in [1.82, 2.24) is 20.2 Å². The van der Waals surface area contributed by atoms with Crippen LogP contribution in [0.2, 0.25) is 0 Å². The molecule has 0 saturated heterocycles. The molecule has 2 aromatic heterocycles. The van der Waals surface area contributed by atoms with Crippen LogP contribution < -0.4 is 5.32 Å². The lowest BCUT2D eigenvalue weighted by Gasteiger charge is -2.17. The van der Waals surface area contributed by atoms with Gasteiger partial charge in [0.25, 0.3) is 0 Å². The van der Waals surface area contributed by atoms with Gasteiger partial charge in [-0.15, -0.1) is 0 Å². The summed E-state index contributed by atoms with van der Waals surface area (Å²) in [7, 11) is 0. The molecule has 0 spiro atoms. The number of anilines is 1. The number of nitrogens with one attached hydrogen (secondary N) is 2. The van der Waals surface area contributed by atoms with Crippen LogP contribution in [0.25, 0.3) is 0 Å². The van der Waals surface area contributed by atoms with Gasteiger partial charge < -0.3 is 5.32 Å². The average molecular weight is 296 g/mol. The SMILES string of the molecule is O=[N+]([O-])c1cccnc1N[C@H](c1ccccc1)c1ncn[nH]1. The summed E-state index contributed by atoms with van der Waals surface area (Å²) in [6.07, 6.45) is 2.89. The van der Waals surface area contributed by atoms with Gasteiger partial charge in [-0.1, -0.05) is 30.3 Å². The highest BCUT2D eigenvalue weighted by Crippen LogP contribution is 2.28. The summed E-state index contributed by atoms with van der Waals surface area (Å²) in [6, 6.07) is 12.0. The Balaban J connectivity index is 2.00. The standard InChI is InChI=1S/C14H12N6O2/c21-20(22)11-7-4-8-15-13(11)18-12(14-16-9-17-19-14)10-5-2-1-3-6-10/h1-9,12H,(H,15,18)(H,16,17,19)/t12-/m1/s1. The van der Waals surface area contributed by atoms with Gasteiger partial charge in [-0.25, -0.2) is 9.97 Å². The lowest BCUT2D eigenvalue weighted by molar-refractivity contribution is -0.384. The van der Waals surface area contributed by atoms with Crippen LogP contribution in [0.1, 0.15) is 17.4 Å². The third-order valence-electron chi connectivity index (χ3n) is 3.10. The van der Waals surface area contributed by atoms with E-state index in [0.717, 1.165) is 5.56 Å². The Morgan fingerprint density at radius 3 is 2.64 bits per heavy atom. The Kier molecular flexibility index (Phi) is 3.73. The predicted molar refractivity (Wildman–Crippen MR) is 79.2 cm³/mol. The van der Waals surface area contributed by atoms with Gasteiger partial charge in [0, 0.05) is 12.3 Å². The van der Waals surface area contributed by atoms with Gasteiger partial charge in [-0.05, 0) is 11.6 Å². The Labute approximate surface area is 125 Å². The molecule has 1 aromatic carbocycles. The molecule has 0 fully saturated rings. The van der Waals surface area contributed by atoms with Gasteiger partial charge in [-0.2, -0.15) is 5.10 Å². The molecule has 0 aliphatic heterocycles. The predicted octanol–water partition coefficient (Wildman–Crippen LogP) is 2.31. The van der Waals surface area contributed by atoms with Gasteiger partial charge >= 0.3 is 5.69 Å². The maximum absolute atomic E-state index is 11.1. The number of aromatic amines is 1. The van der Waals surface area contributed by atoms with Crippen molar-refractivity contribution in [2.45, 2.75) is 6.04 Å². The molecule has 0 aliphatic carbocycles. The summed E-state index contributed by atoms with van der Waals surface area (Å²) in [5.41, 5.74) is 0.794. The first-order chi connectivity index (χ1) is 10.8. The van der Waals surface area contributed by atoms with Crippen LogP contribution in [0.4, 0.5) is 11.5 Å². The summed E-state index contributed by atoms with van der Waals surface area (Å²) in [6.45, 7) is 0. The maximum atomic E-state index is 11.1. The van der Waals surface area contributed by atoms with E-state index in [0.29, 0.717) is 5.82 Å². The molecule has 0 amide bonds. The summed E-state index contributed by atoms with van der Waals surface area (Å²) >= 11 is 0. The monoisotopic (exact) mass is 296 g/mol. The van der Waals surface area contributed by atoms with Crippen molar-refractivity contribution in [3.8, 4) is 0 Å².